The lowest BCUT2D eigenvalue weighted by Gasteiger charge is -2.24. The maximum absolute atomic E-state index is 12.7. The molecule has 1 aromatic carbocycles. The number of nitrogens with one attached hydrogen (secondary N) is 1. The van der Waals surface area contributed by atoms with Crippen LogP contribution in [-0.4, -0.2) is 57.1 Å². The number of likely N-dealkylation sites (N-methyl/N-ethyl adjacent to an activating group) is 1. The van der Waals surface area contributed by atoms with Crippen molar-refractivity contribution in [3.05, 3.63) is 42.4 Å². The maximum Gasteiger partial charge on any atom is 0.227 e. The third-order valence-corrected chi connectivity index (χ3v) is 5.30. The smallest absolute Gasteiger partial charge is 0.227 e. The van der Waals surface area contributed by atoms with E-state index >= 15 is 0 Å². The van der Waals surface area contributed by atoms with Gasteiger partial charge in [0, 0.05) is 31.3 Å². The molecule has 2 atom stereocenters. The molecule has 0 aliphatic carbocycles. The molecular formula is C21H25N3O5. The number of amides is 2. The van der Waals surface area contributed by atoms with Gasteiger partial charge in [0.05, 0.1) is 18.2 Å². The van der Waals surface area contributed by atoms with Gasteiger partial charge in [-0.3, -0.25) is 14.5 Å². The largest absolute Gasteiger partial charge is 0.486 e. The number of carbonyl (C=O) groups excluding carboxylic acids is 2. The van der Waals surface area contributed by atoms with Crippen LogP contribution in [0.15, 0.2) is 41.0 Å². The van der Waals surface area contributed by atoms with Gasteiger partial charge >= 0.3 is 0 Å². The van der Waals surface area contributed by atoms with Crippen molar-refractivity contribution in [2.75, 3.05) is 45.3 Å². The summed E-state index contributed by atoms with van der Waals surface area (Å²) in [6.07, 6.45) is 1.81. The van der Waals surface area contributed by atoms with Crippen LogP contribution in [0.2, 0.25) is 0 Å². The summed E-state index contributed by atoms with van der Waals surface area (Å²) in [4.78, 5) is 28.9. The van der Waals surface area contributed by atoms with Gasteiger partial charge in [0.1, 0.15) is 19.0 Å². The van der Waals surface area contributed by atoms with Crippen molar-refractivity contribution in [3.63, 3.8) is 0 Å². The van der Waals surface area contributed by atoms with Crippen LogP contribution in [0.3, 0.4) is 0 Å². The zero-order valence-electron chi connectivity index (χ0n) is 16.6. The van der Waals surface area contributed by atoms with Crippen molar-refractivity contribution >= 4 is 17.5 Å². The van der Waals surface area contributed by atoms with E-state index in [0.717, 1.165) is 11.4 Å². The number of anilines is 1. The Morgan fingerprint density at radius 2 is 2.03 bits per heavy atom. The van der Waals surface area contributed by atoms with Gasteiger partial charge in [-0.1, -0.05) is 0 Å². The summed E-state index contributed by atoms with van der Waals surface area (Å²) >= 11 is 0. The number of rotatable bonds is 6. The van der Waals surface area contributed by atoms with E-state index in [4.69, 9.17) is 13.9 Å². The summed E-state index contributed by atoms with van der Waals surface area (Å²) in [5, 5.41) is 2.97. The molecule has 1 saturated heterocycles. The average Bonchev–Trinajstić information content (AvgIpc) is 3.37. The first kappa shape index (κ1) is 19.3. The van der Waals surface area contributed by atoms with Crippen molar-refractivity contribution in [2.24, 2.45) is 5.92 Å². The minimum atomic E-state index is -0.393. The fourth-order valence-electron chi connectivity index (χ4n) is 3.69. The second kappa shape index (κ2) is 8.16. The minimum absolute atomic E-state index is 0.0695. The number of furan rings is 1. The molecule has 0 bridgehead atoms. The fourth-order valence-corrected chi connectivity index (χ4v) is 3.69. The van der Waals surface area contributed by atoms with Gasteiger partial charge < -0.3 is 24.1 Å². The van der Waals surface area contributed by atoms with E-state index in [1.54, 1.807) is 23.3 Å². The van der Waals surface area contributed by atoms with E-state index in [-0.39, 0.29) is 24.3 Å². The van der Waals surface area contributed by atoms with Gasteiger partial charge in [-0.05, 0) is 38.4 Å². The highest BCUT2D eigenvalue weighted by Crippen LogP contribution is 2.36. The van der Waals surface area contributed by atoms with Crippen molar-refractivity contribution in [1.29, 1.82) is 0 Å². The van der Waals surface area contributed by atoms with Crippen LogP contribution in [0.25, 0.3) is 0 Å². The summed E-state index contributed by atoms with van der Waals surface area (Å²) in [5.74, 6) is 1.50. The molecule has 2 unspecified atom stereocenters. The van der Waals surface area contributed by atoms with Gasteiger partial charge in [-0.15, -0.1) is 0 Å². The third kappa shape index (κ3) is 4.07. The van der Waals surface area contributed by atoms with E-state index in [9.17, 15) is 9.59 Å². The molecule has 1 N–H and O–H groups in total. The molecule has 154 valence electrons. The number of ether oxygens (including phenoxy) is 2. The second-order valence-electron chi connectivity index (χ2n) is 7.47. The van der Waals surface area contributed by atoms with Crippen molar-refractivity contribution in [1.82, 2.24) is 10.2 Å². The Morgan fingerprint density at radius 3 is 2.76 bits per heavy atom. The molecule has 1 aromatic heterocycles. The second-order valence-corrected chi connectivity index (χ2v) is 7.47. The van der Waals surface area contributed by atoms with Gasteiger partial charge in [0.25, 0.3) is 0 Å². The molecule has 0 spiro atoms. The van der Waals surface area contributed by atoms with E-state index in [1.165, 1.54) is 0 Å². The molecule has 2 aliphatic rings. The topological polar surface area (TPSA) is 84.3 Å². The SMILES string of the molecule is CN(C)C(CNC(=O)C1CC(=O)N(c2ccc3c(c2)OCCO3)C1)c1ccco1. The monoisotopic (exact) mass is 399 g/mol. The molecule has 8 nitrogen and oxygen atoms in total. The highest BCUT2D eigenvalue weighted by Gasteiger charge is 2.36. The Labute approximate surface area is 169 Å². The summed E-state index contributed by atoms with van der Waals surface area (Å²) < 4.78 is 16.6. The van der Waals surface area contributed by atoms with Crippen LogP contribution in [0, 0.1) is 5.92 Å². The molecule has 0 radical (unpaired) electrons. The Balaban J connectivity index is 1.39. The number of carbonyl (C=O) groups is 2. The Kier molecular flexibility index (Phi) is 5.44. The number of hydrogen-bond donors (Lipinski definition) is 1. The number of fused-ring (bicyclic) bond motifs is 1. The summed E-state index contributed by atoms with van der Waals surface area (Å²) in [7, 11) is 3.87. The molecular weight excluding hydrogens is 374 g/mol. The molecule has 29 heavy (non-hydrogen) atoms. The van der Waals surface area contributed by atoms with E-state index in [1.807, 2.05) is 37.2 Å². The standard InChI is InChI=1S/C21H25N3O5/c1-23(2)16(17-4-3-7-27-17)12-22-21(26)14-10-20(25)24(13-14)15-5-6-18-19(11-15)29-9-8-28-18/h3-7,11,14,16H,8-10,12-13H2,1-2H3,(H,22,26). The van der Waals surface area contributed by atoms with Gasteiger partial charge in [-0.25, -0.2) is 0 Å². The molecule has 0 saturated carbocycles. The average molecular weight is 399 g/mol. The first-order valence-electron chi connectivity index (χ1n) is 9.70. The van der Waals surface area contributed by atoms with Crippen LogP contribution < -0.4 is 19.7 Å². The third-order valence-electron chi connectivity index (χ3n) is 5.30. The zero-order valence-corrected chi connectivity index (χ0v) is 16.6. The predicted octanol–water partition coefficient (Wildman–Crippen LogP) is 1.82. The number of hydrogen-bond acceptors (Lipinski definition) is 6. The summed E-state index contributed by atoms with van der Waals surface area (Å²) in [5.41, 5.74) is 0.719. The Hall–Kier alpha value is -3.00. The van der Waals surface area contributed by atoms with Crippen LogP contribution in [-0.2, 0) is 9.59 Å². The van der Waals surface area contributed by atoms with Crippen molar-refractivity contribution in [3.8, 4) is 11.5 Å². The van der Waals surface area contributed by atoms with Gasteiger partial charge in [0.2, 0.25) is 11.8 Å². The molecule has 3 heterocycles. The Morgan fingerprint density at radius 1 is 1.24 bits per heavy atom. The highest BCUT2D eigenvalue weighted by atomic mass is 16.6. The van der Waals surface area contributed by atoms with E-state index in [0.29, 0.717) is 37.8 Å². The van der Waals surface area contributed by atoms with Crippen LogP contribution in [0.1, 0.15) is 18.2 Å². The molecule has 2 aliphatic heterocycles. The van der Waals surface area contributed by atoms with Crippen LogP contribution >= 0.6 is 0 Å². The lowest BCUT2D eigenvalue weighted by molar-refractivity contribution is -0.126. The molecule has 4 rings (SSSR count). The zero-order chi connectivity index (χ0) is 20.4. The first-order chi connectivity index (χ1) is 14.0. The summed E-state index contributed by atoms with van der Waals surface area (Å²) in [6, 6.07) is 9.07. The molecule has 8 heteroatoms. The summed E-state index contributed by atoms with van der Waals surface area (Å²) in [6.45, 7) is 1.76. The van der Waals surface area contributed by atoms with Crippen molar-refractivity contribution < 1.29 is 23.5 Å². The molecule has 1 fully saturated rings. The number of benzene rings is 1. The molecule has 2 amide bonds. The first-order valence-corrected chi connectivity index (χ1v) is 9.70. The van der Waals surface area contributed by atoms with Crippen molar-refractivity contribution in [2.45, 2.75) is 12.5 Å². The van der Waals surface area contributed by atoms with Gasteiger partial charge in [-0.2, -0.15) is 0 Å². The molecule has 2 aromatic rings. The Bertz CT molecular complexity index is 880. The van der Waals surface area contributed by atoms with E-state index in [2.05, 4.69) is 5.32 Å². The lowest BCUT2D eigenvalue weighted by atomic mass is 10.1. The normalized spacial score (nSPS) is 19.5. The minimum Gasteiger partial charge on any atom is -0.486 e. The lowest BCUT2D eigenvalue weighted by Crippen LogP contribution is -2.38. The predicted molar refractivity (Wildman–Crippen MR) is 106 cm³/mol. The van der Waals surface area contributed by atoms with Crippen LogP contribution in [0.4, 0.5) is 5.69 Å². The van der Waals surface area contributed by atoms with E-state index < -0.39 is 5.92 Å². The number of nitrogens with zero attached hydrogens (tertiary/aromatic N) is 2. The maximum atomic E-state index is 12.7. The van der Waals surface area contributed by atoms with Crippen LogP contribution in [0.5, 0.6) is 11.5 Å². The fraction of sp³-hybridized carbons (Fsp3) is 0.429. The quantitative estimate of drug-likeness (QED) is 0.798. The van der Waals surface area contributed by atoms with Gasteiger partial charge in [0.15, 0.2) is 11.5 Å². The highest BCUT2D eigenvalue weighted by molar-refractivity contribution is 6.00.